The Labute approximate surface area is 131 Å². The Morgan fingerprint density at radius 3 is 1.81 bits per heavy atom. The van der Waals surface area contributed by atoms with Crippen LogP contribution in [-0.2, 0) is 0 Å². The van der Waals surface area contributed by atoms with Gasteiger partial charge in [-0.25, -0.2) is 4.79 Å². The maximum absolute atomic E-state index is 10.5. The van der Waals surface area contributed by atoms with E-state index in [1.54, 1.807) is 0 Å². The highest BCUT2D eigenvalue weighted by Gasteiger charge is 1.92. The van der Waals surface area contributed by atoms with Crippen molar-refractivity contribution in [2.24, 2.45) is 5.73 Å². The molecule has 0 saturated heterocycles. The SMILES string of the molecule is CCCCCCCC/C=C\CCCCCCCNC(N)=O. The Morgan fingerprint density at radius 2 is 1.29 bits per heavy atom. The van der Waals surface area contributed by atoms with Crippen LogP contribution in [0.25, 0.3) is 0 Å². The standard InChI is InChI=1S/C18H36N2O/c1-2-3-4-5-6-7-8-9-10-11-12-13-14-15-16-17-20-18(19)21/h9-10H,2-8,11-17H2,1H3,(H3,19,20,21)/b10-9-. The van der Waals surface area contributed by atoms with Crippen molar-refractivity contribution in [2.75, 3.05) is 6.54 Å². The molecule has 3 N–H and O–H groups in total. The highest BCUT2D eigenvalue weighted by Crippen LogP contribution is 2.09. The zero-order valence-electron chi connectivity index (χ0n) is 14.0. The van der Waals surface area contributed by atoms with Crippen LogP contribution < -0.4 is 11.1 Å². The van der Waals surface area contributed by atoms with E-state index in [0.29, 0.717) is 6.54 Å². The molecule has 0 aliphatic carbocycles. The number of carbonyl (C=O) groups is 1. The molecule has 0 bridgehead atoms. The Bertz CT molecular complexity index is 252. The molecule has 0 aliphatic heterocycles. The maximum Gasteiger partial charge on any atom is 0.312 e. The molecular formula is C18H36N2O. The van der Waals surface area contributed by atoms with E-state index in [2.05, 4.69) is 24.4 Å². The molecule has 3 nitrogen and oxygen atoms in total. The predicted molar refractivity (Wildman–Crippen MR) is 92.4 cm³/mol. The Morgan fingerprint density at radius 1 is 0.810 bits per heavy atom. The Balaban J connectivity index is 3.07. The van der Waals surface area contributed by atoms with Crippen LogP contribution in [-0.4, -0.2) is 12.6 Å². The molecule has 124 valence electrons. The molecule has 0 rings (SSSR count). The van der Waals surface area contributed by atoms with Crippen LogP contribution in [0.1, 0.15) is 90.4 Å². The number of hydrogen-bond donors (Lipinski definition) is 2. The first-order valence-electron chi connectivity index (χ1n) is 8.95. The van der Waals surface area contributed by atoms with Crippen molar-refractivity contribution in [3.63, 3.8) is 0 Å². The second-order valence-corrected chi connectivity index (χ2v) is 5.88. The van der Waals surface area contributed by atoms with Crippen molar-refractivity contribution < 1.29 is 4.79 Å². The summed E-state index contributed by atoms with van der Waals surface area (Å²) in [6.07, 6.45) is 21.5. The molecule has 0 aromatic heterocycles. The molecule has 2 amide bonds. The van der Waals surface area contributed by atoms with Crippen LogP contribution in [0.3, 0.4) is 0 Å². The lowest BCUT2D eigenvalue weighted by atomic mass is 10.1. The van der Waals surface area contributed by atoms with Gasteiger partial charge in [-0.1, -0.05) is 70.4 Å². The third-order valence-corrected chi connectivity index (χ3v) is 3.74. The summed E-state index contributed by atoms with van der Waals surface area (Å²) in [6, 6.07) is -0.412. The van der Waals surface area contributed by atoms with Crippen LogP contribution in [0, 0.1) is 0 Å². The smallest absolute Gasteiger partial charge is 0.312 e. The van der Waals surface area contributed by atoms with Crippen LogP contribution in [0.4, 0.5) is 4.79 Å². The summed E-state index contributed by atoms with van der Waals surface area (Å²) in [5.74, 6) is 0. The van der Waals surface area contributed by atoms with Gasteiger partial charge in [-0.2, -0.15) is 0 Å². The first-order chi connectivity index (χ1) is 10.3. The molecule has 3 heteroatoms. The van der Waals surface area contributed by atoms with E-state index in [1.807, 2.05) is 0 Å². The molecule has 0 radical (unpaired) electrons. The van der Waals surface area contributed by atoms with Crippen molar-refractivity contribution in [2.45, 2.75) is 90.4 Å². The fraction of sp³-hybridized carbons (Fsp3) is 0.833. The average Bonchev–Trinajstić information content (AvgIpc) is 2.46. The normalized spacial score (nSPS) is 11.1. The van der Waals surface area contributed by atoms with Gasteiger partial charge in [0.1, 0.15) is 0 Å². The number of hydrogen-bond acceptors (Lipinski definition) is 1. The van der Waals surface area contributed by atoms with Gasteiger partial charge in [-0.15, -0.1) is 0 Å². The number of unbranched alkanes of at least 4 members (excludes halogenated alkanes) is 11. The molecule has 0 unspecified atom stereocenters. The van der Waals surface area contributed by atoms with E-state index in [1.165, 1.54) is 77.0 Å². The van der Waals surface area contributed by atoms with E-state index in [4.69, 9.17) is 5.73 Å². The minimum absolute atomic E-state index is 0.412. The third-order valence-electron chi connectivity index (χ3n) is 3.74. The number of primary amides is 1. The van der Waals surface area contributed by atoms with Crippen LogP contribution in [0.5, 0.6) is 0 Å². The lowest BCUT2D eigenvalue weighted by molar-refractivity contribution is 0.248. The van der Waals surface area contributed by atoms with Crippen LogP contribution >= 0.6 is 0 Å². The molecule has 0 aromatic rings. The number of urea groups is 1. The quantitative estimate of drug-likeness (QED) is 0.312. The van der Waals surface area contributed by atoms with E-state index in [9.17, 15) is 4.79 Å². The highest BCUT2D eigenvalue weighted by molar-refractivity contribution is 5.71. The average molecular weight is 296 g/mol. The molecule has 0 saturated carbocycles. The molecule has 0 heterocycles. The zero-order chi connectivity index (χ0) is 15.6. The molecule has 21 heavy (non-hydrogen) atoms. The first kappa shape index (κ1) is 20.0. The Hall–Kier alpha value is -0.990. The second-order valence-electron chi connectivity index (χ2n) is 5.88. The van der Waals surface area contributed by atoms with Crippen molar-refractivity contribution in [3.05, 3.63) is 12.2 Å². The monoisotopic (exact) mass is 296 g/mol. The summed E-state index contributed by atoms with van der Waals surface area (Å²) >= 11 is 0. The second kappa shape index (κ2) is 17.1. The molecule has 0 fully saturated rings. The van der Waals surface area contributed by atoms with Crippen molar-refractivity contribution in [1.29, 1.82) is 0 Å². The zero-order valence-corrected chi connectivity index (χ0v) is 14.0. The van der Waals surface area contributed by atoms with E-state index >= 15 is 0 Å². The van der Waals surface area contributed by atoms with Crippen LogP contribution in [0.15, 0.2) is 12.2 Å². The highest BCUT2D eigenvalue weighted by atomic mass is 16.2. The van der Waals surface area contributed by atoms with Crippen molar-refractivity contribution >= 4 is 6.03 Å². The van der Waals surface area contributed by atoms with Gasteiger partial charge in [-0.05, 0) is 32.1 Å². The van der Waals surface area contributed by atoms with E-state index in [0.717, 1.165) is 6.42 Å². The first-order valence-corrected chi connectivity index (χ1v) is 8.95. The molecular weight excluding hydrogens is 260 g/mol. The van der Waals surface area contributed by atoms with Crippen LogP contribution in [0.2, 0.25) is 0 Å². The summed E-state index contributed by atoms with van der Waals surface area (Å²) in [7, 11) is 0. The topological polar surface area (TPSA) is 55.1 Å². The molecule has 0 aliphatic rings. The Kier molecular flexibility index (Phi) is 16.3. The summed E-state index contributed by atoms with van der Waals surface area (Å²) in [5.41, 5.74) is 5.00. The van der Waals surface area contributed by atoms with Gasteiger partial charge < -0.3 is 11.1 Å². The summed E-state index contributed by atoms with van der Waals surface area (Å²) in [6.45, 7) is 2.98. The fourth-order valence-corrected chi connectivity index (χ4v) is 2.41. The molecule has 0 spiro atoms. The lowest BCUT2D eigenvalue weighted by Crippen LogP contribution is -2.29. The van der Waals surface area contributed by atoms with E-state index in [-0.39, 0.29) is 0 Å². The molecule has 0 atom stereocenters. The minimum atomic E-state index is -0.412. The molecule has 0 aromatic carbocycles. The fourth-order valence-electron chi connectivity index (χ4n) is 2.41. The maximum atomic E-state index is 10.5. The number of rotatable bonds is 15. The number of amides is 2. The number of nitrogens with one attached hydrogen (secondary N) is 1. The number of carbonyl (C=O) groups excluding carboxylic acids is 1. The summed E-state index contributed by atoms with van der Waals surface area (Å²) in [5, 5.41) is 2.62. The van der Waals surface area contributed by atoms with Crippen molar-refractivity contribution in [1.82, 2.24) is 5.32 Å². The van der Waals surface area contributed by atoms with Gasteiger partial charge in [0.05, 0.1) is 0 Å². The van der Waals surface area contributed by atoms with Crippen molar-refractivity contribution in [3.8, 4) is 0 Å². The minimum Gasteiger partial charge on any atom is -0.352 e. The van der Waals surface area contributed by atoms with Gasteiger partial charge in [0, 0.05) is 6.54 Å². The van der Waals surface area contributed by atoms with Gasteiger partial charge in [0.25, 0.3) is 0 Å². The van der Waals surface area contributed by atoms with E-state index < -0.39 is 6.03 Å². The van der Waals surface area contributed by atoms with Gasteiger partial charge >= 0.3 is 6.03 Å². The summed E-state index contributed by atoms with van der Waals surface area (Å²) < 4.78 is 0. The van der Waals surface area contributed by atoms with Gasteiger partial charge in [0.15, 0.2) is 0 Å². The summed E-state index contributed by atoms with van der Waals surface area (Å²) in [4.78, 5) is 10.5. The number of allylic oxidation sites excluding steroid dienone is 2. The third kappa shape index (κ3) is 19.0. The lowest BCUT2D eigenvalue weighted by Gasteiger charge is -2.01. The van der Waals surface area contributed by atoms with Gasteiger partial charge in [0.2, 0.25) is 0 Å². The predicted octanol–water partition coefficient (Wildman–Crippen LogP) is 5.30. The number of nitrogens with two attached hydrogens (primary N) is 1. The van der Waals surface area contributed by atoms with Gasteiger partial charge in [-0.3, -0.25) is 0 Å². The largest absolute Gasteiger partial charge is 0.352 e.